The molecule has 1 aliphatic heterocycles. The summed E-state index contributed by atoms with van der Waals surface area (Å²) < 4.78 is 48.9. The topological polar surface area (TPSA) is 30.3 Å². The third-order valence-electron chi connectivity index (χ3n) is 5.14. The highest BCUT2D eigenvalue weighted by atomic mass is 19.3. The van der Waals surface area contributed by atoms with Crippen LogP contribution in [-0.4, -0.2) is 34.1 Å². The molecule has 148 valence electrons. The van der Waals surface area contributed by atoms with E-state index in [9.17, 15) is 13.2 Å². The van der Waals surface area contributed by atoms with Gasteiger partial charge in [-0.15, -0.1) is 0 Å². The number of rotatable bonds is 4. The lowest BCUT2D eigenvalue weighted by Gasteiger charge is -2.33. The highest BCUT2D eigenvalue weighted by Gasteiger charge is 2.27. The molecule has 1 atom stereocenters. The summed E-state index contributed by atoms with van der Waals surface area (Å²) in [5.41, 5.74) is 3.24. The van der Waals surface area contributed by atoms with E-state index in [1.807, 2.05) is 23.7 Å². The van der Waals surface area contributed by atoms with Crippen molar-refractivity contribution in [2.24, 2.45) is 7.05 Å². The van der Waals surface area contributed by atoms with Crippen molar-refractivity contribution in [1.82, 2.24) is 14.5 Å². The molecule has 0 aliphatic carbocycles. The summed E-state index contributed by atoms with van der Waals surface area (Å²) in [5, 5.41) is 0. The molecule has 0 unspecified atom stereocenters. The molecule has 4 nitrogen and oxygen atoms in total. The maximum atomic E-state index is 13.8. The predicted molar refractivity (Wildman–Crippen MR) is 101 cm³/mol. The predicted octanol–water partition coefficient (Wildman–Crippen LogP) is 4.40. The largest absolute Gasteiger partial charge is 0.371 e. The van der Waals surface area contributed by atoms with Crippen LogP contribution in [0.25, 0.3) is 11.0 Å². The number of halogens is 3. The van der Waals surface area contributed by atoms with E-state index in [0.29, 0.717) is 31.8 Å². The van der Waals surface area contributed by atoms with Crippen LogP contribution >= 0.6 is 0 Å². The molecule has 2 heterocycles. The van der Waals surface area contributed by atoms with Gasteiger partial charge in [0, 0.05) is 39.2 Å². The Morgan fingerprint density at radius 1 is 1.21 bits per heavy atom. The van der Waals surface area contributed by atoms with Gasteiger partial charge in [-0.25, -0.2) is 18.2 Å². The van der Waals surface area contributed by atoms with E-state index in [-0.39, 0.29) is 11.7 Å². The fraction of sp³-hybridized carbons (Fsp3) is 0.381. The number of aromatic nitrogens is 2. The van der Waals surface area contributed by atoms with Crippen LogP contribution in [-0.2, 0) is 24.3 Å². The Morgan fingerprint density at radius 2 is 2.04 bits per heavy atom. The van der Waals surface area contributed by atoms with Gasteiger partial charge in [-0.05, 0) is 41.5 Å². The number of fused-ring (bicyclic) bond motifs is 1. The summed E-state index contributed by atoms with van der Waals surface area (Å²) in [7, 11) is 1.94. The Hall–Kier alpha value is -2.38. The first kappa shape index (κ1) is 19.0. The van der Waals surface area contributed by atoms with Crippen LogP contribution < -0.4 is 0 Å². The van der Waals surface area contributed by atoms with Crippen LogP contribution in [0.2, 0.25) is 0 Å². The van der Waals surface area contributed by atoms with E-state index in [4.69, 9.17) is 4.74 Å². The molecule has 3 aromatic rings. The first-order chi connectivity index (χ1) is 13.3. The van der Waals surface area contributed by atoms with Crippen molar-refractivity contribution in [3.05, 3.63) is 65.2 Å². The minimum absolute atomic E-state index is 0.131. The van der Waals surface area contributed by atoms with Crippen molar-refractivity contribution >= 4 is 11.0 Å². The molecule has 1 aliphatic rings. The molecule has 4 rings (SSSR count). The van der Waals surface area contributed by atoms with E-state index in [0.717, 1.165) is 29.6 Å². The van der Waals surface area contributed by atoms with Gasteiger partial charge < -0.3 is 9.30 Å². The molecule has 2 aromatic carbocycles. The fourth-order valence-electron chi connectivity index (χ4n) is 3.64. The van der Waals surface area contributed by atoms with E-state index in [1.54, 1.807) is 6.33 Å². The van der Waals surface area contributed by atoms with E-state index >= 15 is 0 Å². The second-order valence-electron chi connectivity index (χ2n) is 7.43. The molecular weight excluding hydrogens is 367 g/mol. The van der Waals surface area contributed by atoms with Crippen LogP contribution in [0.1, 0.15) is 29.7 Å². The fourth-order valence-corrected chi connectivity index (χ4v) is 3.64. The molecule has 7 heteroatoms. The van der Waals surface area contributed by atoms with Gasteiger partial charge >= 0.3 is 0 Å². The maximum Gasteiger partial charge on any atom is 0.270 e. The third-order valence-corrected chi connectivity index (χ3v) is 5.14. The second-order valence-corrected chi connectivity index (χ2v) is 7.43. The smallest absolute Gasteiger partial charge is 0.270 e. The van der Waals surface area contributed by atoms with Gasteiger partial charge in [0.05, 0.1) is 30.1 Å². The zero-order valence-electron chi connectivity index (χ0n) is 15.8. The lowest BCUT2D eigenvalue weighted by Crippen LogP contribution is -2.37. The Balaban J connectivity index is 1.52. The highest BCUT2D eigenvalue weighted by molar-refractivity contribution is 5.76. The summed E-state index contributed by atoms with van der Waals surface area (Å²) in [4.78, 5) is 6.43. The van der Waals surface area contributed by atoms with E-state index < -0.39 is 11.7 Å². The standard InChI is InChI=1S/C21H22F3N3O/c1-21(23,24)16-7-14(8-17(22)10-16)11-27-5-6-28-20(12-27)15-3-4-18-19(9-15)26(2)13-25-18/h3-4,7-10,13,20H,5-6,11-12H2,1-2H3/t20-/m0/s1. The molecule has 0 spiro atoms. The quantitative estimate of drug-likeness (QED) is 0.663. The first-order valence-electron chi connectivity index (χ1n) is 9.22. The van der Waals surface area contributed by atoms with Gasteiger partial charge in [0.25, 0.3) is 5.92 Å². The molecule has 1 fully saturated rings. The van der Waals surface area contributed by atoms with Gasteiger partial charge in [-0.1, -0.05) is 6.07 Å². The zero-order chi connectivity index (χ0) is 19.9. The summed E-state index contributed by atoms with van der Waals surface area (Å²) in [6.07, 6.45) is 1.64. The Bertz CT molecular complexity index is 996. The lowest BCUT2D eigenvalue weighted by atomic mass is 10.0. The van der Waals surface area contributed by atoms with Gasteiger partial charge in [-0.2, -0.15) is 0 Å². The molecule has 1 saturated heterocycles. The molecule has 0 bridgehead atoms. The summed E-state index contributed by atoms with van der Waals surface area (Å²) in [6, 6.07) is 9.64. The number of imidazole rings is 1. The number of nitrogens with zero attached hydrogens (tertiary/aromatic N) is 3. The molecule has 28 heavy (non-hydrogen) atoms. The number of morpholine rings is 1. The molecule has 0 N–H and O–H groups in total. The number of hydrogen-bond acceptors (Lipinski definition) is 3. The number of ether oxygens (including phenoxy) is 1. The lowest BCUT2D eigenvalue weighted by molar-refractivity contribution is -0.0330. The van der Waals surface area contributed by atoms with E-state index in [2.05, 4.69) is 16.0 Å². The van der Waals surface area contributed by atoms with E-state index in [1.165, 1.54) is 12.1 Å². The normalized spacial score (nSPS) is 18.7. The van der Waals surface area contributed by atoms with Crippen molar-refractivity contribution in [2.75, 3.05) is 19.7 Å². The summed E-state index contributed by atoms with van der Waals surface area (Å²) in [6.45, 7) is 2.98. The van der Waals surface area contributed by atoms with Crippen LogP contribution in [0.5, 0.6) is 0 Å². The number of alkyl halides is 2. The minimum atomic E-state index is -3.07. The molecule has 1 aromatic heterocycles. The van der Waals surface area contributed by atoms with Crippen LogP contribution in [0, 0.1) is 5.82 Å². The molecule has 0 amide bonds. The molecule has 0 saturated carbocycles. The van der Waals surface area contributed by atoms with Crippen LogP contribution in [0.4, 0.5) is 13.2 Å². The first-order valence-corrected chi connectivity index (χ1v) is 9.22. The Morgan fingerprint density at radius 3 is 2.82 bits per heavy atom. The zero-order valence-corrected chi connectivity index (χ0v) is 15.8. The minimum Gasteiger partial charge on any atom is -0.371 e. The molecule has 0 radical (unpaired) electrons. The van der Waals surface area contributed by atoms with Crippen LogP contribution in [0.15, 0.2) is 42.7 Å². The van der Waals surface area contributed by atoms with Gasteiger partial charge in [0.2, 0.25) is 0 Å². The number of hydrogen-bond donors (Lipinski definition) is 0. The van der Waals surface area contributed by atoms with Crippen molar-refractivity contribution in [3.8, 4) is 0 Å². The number of aryl methyl sites for hydroxylation is 1. The van der Waals surface area contributed by atoms with Crippen molar-refractivity contribution in [3.63, 3.8) is 0 Å². The third kappa shape index (κ3) is 3.91. The number of benzene rings is 2. The van der Waals surface area contributed by atoms with Gasteiger partial charge in [-0.3, -0.25) is 4.90 Å². The van der Waals surface area contributed by atoms with Gasteiger partial charge in [0.15, 0.2) is 0 Å². The average Bonchev–Trinajstić information content (AvgIpc) is 3.01. The van der Waals surface area contributed by atoms with Gasteiger partial charge in [0.1, 0.15) is 5.82 Å². The highest BCUT2D eigenvalue weighted by Crippen LogP contribution is 2.30. The summed E-state index contributed by atoms with van der Waals surface area (Å²) >= 11 is 0. The van der Waals surface area contributed by atoms with Crippen molar-refractivity contribution in [2.45, 2.75) is 25.5 Å². The SMILES string of the molecule is Cn1cnc2ccc([C@@H]3CN(Cc4cc(F)cc(C(C)(F)F)c4)CCO3)cc21. The molecular formula is C21H22F3N3O. The Kier molecular flexibility index (Phi) is 4.89. The van der Waals surface area contributed by atoms with Crippen LogP contribution in [0.3, 0.4) is 0 Å². The van der Waals surface area contributed by atoms with Crippen molar-refractivity contribution in [1.29, 1.82) is 0 Å². The monoisotopic (exact) mass is 389 g/mol. The average molecular weight is 389 g/mol. The Labute approximate surface area is 161 Å². The maximum absolute atomic E-state index is 13.8. The second kappa shape index (κ2) is 7.22. The van der Waals surface area contributed by atoms with Crippen molar-refractivity contribution < 1.29 is 17.9 Å². The summed E-state index contributed by atoms with van der Waals surface area (Å²) in [5.74, 6) is -3.70.